The van der Waals surface area contributed by atoms with Gasteiger partial charge in [0.05, 0.1) is 5.60 Å². The Kier molecular flexibility index (Phi) is 3.70. The Morgan fingerprint density at radius 1 is 1.40 bits per heavy atom. The predicted molar refractivity (Wildman–Crippen MR) is 47.4 cm³/mol. The highest BCUT2D eigenvalue weighted by Crippen LogP contribution is 2.26. The zero-order valence-electron chi connectivity index (χ0n) is 6.43. The Morgan fingerprint density at radius 2 is 1.80 bits per heavy atom. The monoisotopic (exact) mass is 163 g/mol. The maximum atomic E-state index is 9.44. The van der Waals surface area contributed by atoms with Gasteiger partial charge >= 0.3 is 0 Å². The van der Waals surface area contributed by atoms with E-state index in [-0.39, 0.29) is 13.5 Å². The zero-order valence-corrected chi connectivity index (χ0v) is 7.43. The van der Waals surface area contributed by atoms with E-state index in [0.717, 1.165) is 25.7 Å². The van der Waals surface area contributed by atoms with Gasteiger partial charge in [-0.15, -0.1) is 0 Å². The van der Waals surface area contributed by atoms with E-state index in [0.29, 0.717) is 6.04 Å². The van der Waals surface area contributed by atoms with Crippen LogP contribution in [0.1, 0.15) is 32.6 Å². The van der Waals surface area contributed by atoms with Crippen LogP contribution in [-0.2, 0) is 0 Å². The van der Waals surface area contributed by atoms with Gasteiger partial charge in [0.25, 0.3) is 0 Å². The van der Waals surface area contributed by atoms with Gasteiger partial charge in [-0.2, -0.15) is 13.5 Å². The van der Waals surface area contributed by atoms with E-state index >= 15 is 0 Å². The standard InChI is InChI=1S/C7H15NO.H2S/c1-7(9)4-2-6(8)3-5-7;/h6,9H,2-5,8H2,1H3;1H2. The van der Waals surface area contributed by atoms with Crippen LogP contribution in [0.4, 0.5) is 0 Å². The van der Waals surface area contributed by atoms with Crippen LogP contribution in [0.2, 0.25) is 0 Å². The molecule has 1 aliphatic carbocycles. The predicted octanol–water partition coefficient (Wildman–Crippen LogP) is 0.751. The molecule has 0 aromatic heterocycles. The fourth-order valence-corrected chi connectivity index (χ4v) is 1.26. The Morgan fingerprint density at radius 3 is 2.10 bits per heavy atom. The van der Waals surface area contributed by atoms with E-state index in [4.69, 9.17) is 5.73 Å². The first-order valence-corrected chi connectivity index (χ1v) is 3.58. The first kappa shape index (κ1) is 10.3. The van der Waals surface area contributed by atoms with Crippen molar-refractivity contribution in [1.29, 1.82) is 0 Å². The smallest absolute Gasteiger partial charge is 0.0621 e. The second-order valence-electron chi connectivity index (χ2n) is 3.33. The third kappa shape index (κ3) is 2.90. The van der Waals surface area contributed by atoms with Crippen LogP contribution < -0.4 is 5.73 Å². The third-order valence-corrected chi connectivity index (χ3v) is 2.11. The molecule has 0 amide bonds. The molecule has 0 aliphatic heterocycles. The van der Waals surface area contributed by atoms with E-state index < -0.39 is 5.60 Å². The molecule has 0 atom stereocenters. The summed E-state index contributed by atoms with van der Waals surface area (Å²) in [5, 5.41) is 9.44. The summed E-state index contributed by atoms with van der Waals surface area (Å²) in [4.78, 5) is 0. The van der Waals surface area contributed by atoms with Gasteiger partial charge in [0.2, 0.25) is 0 Å². The van der Waals surface area contributed by atoms with Crippen molar-refractivity contribution < 1.29 is 5.11 Å². The van der Waals surface area contributed by atoms with Crippen molar-refractivity contribution in [3.63, 3.8) is 0 Å². The van der Waals surface area contributed by atoms with Crippen LogP contribution in [0.15, 0.2) is 0 Å². The largest absolute Gasteiger partial charge is 0.390 e. The minimum atomic E-state index is -0.421. The van der Waals surface area contributed by atoms with Crippen LogP contribution in [0.5, 0.6) is 0 Å². The van der Waals surface area contributed by atoms with Gasteiger partial charge in [0, 0.05) is 6.04 Å². The van der Waals surface area contributed by atoms with Gasteiger partial charge in [-0.25, -0.2) is 0 Å². The molecule has 3 N–H and O–H groups in total. The summed E-state index contributed by atoms with van der Waals surface area (Å²) < 4.78 is 0. The number of aliphatic hydroxyl groups is 1. The Balaban J connectivity index is 0.000000810. The van der Waals surface area contributed by atoms with Gasteiger partial charge in [0.15, 0.2) is 0 Å². The molecule has 3 heteroatoms. The van der Waals surface area contributed by atoms with Crippen molar-refractivity contribution in [2.45, 2.75) is 44.2 Å². The van der Waals surface area contributed by atoms with E-state index in [2.05, 4.69) is 0 Å². The Bertz CT molecular complexity index is 95.8. The molecule has 0 radical (unpaired) electrons. The minimum absolute atomic E-state index is 0. The Labute approximate surface area is 69.3 Å². The van der Waals surface area contributed by atoms with Gasteiger partial charge in [-0.3, -0.25) is 0 Å². The lowest BCUT2D eigenvalue weighted by atomic mass is 9.84. The van der Waals surface area contributed by atoms with Gasteiger partial charge in [0.1, 0.15) is 0 Å². The third-order valence-electron chi connectivity index (χ3n) is 2.11. The van der Waals surface area contributed by atoms with Gasteiger partial charge in [-0.05, 0) is 32.6 Å². The molecule has 62 valence electrons. The SMILES string of the molecule is CC1(O)CCC(N)CC1.S. The summed E-state index contributed by atoms with van der Waals surface area (Å²) in [6.07, 6.45) is 3.70. The maximum absolute atomic E-state index is 9.44. The average Bonchev–Trinajstić information content (AvgIpc) is 1.78. The fourth-order valence-electron chi connectivity index (χ4n) is 1.26. The first-order chi connectivity index (χ1) is 4.10. The van der Waals surface area contributed by atoms with E-state index in [9.17, 15) is 5.11 Å². The molecule has 1 fully saturated rings. The number of hydrogen-bond donors (Lipinski definition) is 2. The highest BCUT2D eigenvalue weighted by molar-refractivity contribution is 7.59. The second kappa shape index (κ2) is 3.60. The van der Waals surface area contributed by atoms with Crippen molar-refractivity contribution in [1.82, 2.24) is 0 Å². The summed E-state index contributed by atoms with van der Waals surface area (Å²) in [7, 11) is 0. The van der Waals surface area contributed by atoms with Crippen LogP contribution in [-0.4, -0.2) is 16.7 Å². The van der Waals surface area contributed by atoms with Crippen LogP contribution in [0.25, 0.3) is 0 Å². The summed E-state index contributed by atoms with van der Waals surface area (Å²) in [6, 6.07) is 0.338. The summed E-state index contributed by atoms with van der Waals surface area (Å²) in [6.45, 7) is 1.89. The molecule has 1 rings (SSSR count). The van der Waals surface area contributed by atoms with E-state index in [1.54, 1.807) is 0 Å². The van der Waals surface area contributed by atoms with Crippen LogP contribution >= 0.6 is 13.5 Å². The molecule has 0 saturated heterocycles. The lowest BCUT2D eigenvalue weighted by Crippen LogP contribution is -2.36. The lowest BCUT2D eigenvalue weighted by molar-refractivity contribution is 0.0178. The highest BCUT2D eigenvalue weighted by Gasteiger charge is 2.26. The number of rotatable bonds is 0. The average molecular weight is 163 g/mol. The van der Waals surface area contributed by atoms with E-state index in [1.807, 2.05) is 6.92 Å². The number of nitrogens with two attached hydrogens (primary N) is 1. The highest BCUT2D eigenvalue weighted by atomic mass is 32.1. The van der Waals surface area contributed by atoms with Crippen molar-refractivity contribution in [2.75, 3.05) is 0 Å². The summed E-state index contributed by atoms with van der Waals surface area (Å²) in [5.74, 6) is 0. The van der Waals surface area contributed by atoms with Crippen molar-refractivity contribution in [3.8, 4) is 0 Å². The maximum Gasteiger partial charge on any atom is 0.0621 e. The van der Waals surface area contributed by atoms with Gasteiger partial charge in [-0.1, -0.05) is 0 Å². The molecule has 2 nitrogen and oxygen atoms in total. The Hall–Kier alpha value is 0.270. The van der Waals surface area contributed by atoms with E-state index in [1.165, 1.54) is 0 Å². The molecule has 0 heterocycles. The normalized spacial score (nSPS) is 40.5. The van der Waals surface area contributed by atoms with Crippen molar-refractivity contribution >= 4 is 13.5 Å². The minimum Gasteiger partial charge on any atom is -0.390 e. The van der Waals surface area contributed by atoms with Crippen LogP contribution in [0.3, 0.4) is 0 Å². The van der Waals surface area contributed by atoms with Crippen molar-refractivity contribution in [3.05, 3.63) is 0 Å². The lowest BCUT2D eigenvalue weighted by Gasteiger charge is -2.30. The van der Waals surface area contributed by atoms with Gasteiger partial charge < -0.3 is 10.8 Å². The molecule has 0 unspecified atom stereocenters. The quantitative estimate of drug-likeness (QED) is 0.553. The molecular weight excluding hydrogens is 146 g/mol. The summed E-state index contributed by atoms with van der Waals surface area (Å²) in [5.41, 5.74) is 5.22. The van der Waals surface area contributed by atoms with Crippen molar-refractivity contribution in [2.24, 2.45) is 5.73 Å². The summed E-state index contributed by atoms with van der Waals surface area (Å²) >= 11 is 0. The molecule has 1 saturated carbocycles. The molecular formula is C7H17NOS. The molecule has 0 aromatic carbocycles. The number of hydrogen-bond acceptors (Lipinski definition) is 2. The topological polar surface area (TPSA) is 46.2 Å². The molecule has 0 spiro atoms. The second-order valence-corrected chi connectivity index (χ2v) is 3.33. The fraction of sp³-hybridized carbons (Fsp3) is 1.00. The van der Waals surface area contributed by atoms with Crippen LogP contribution in [0, 0.1) is 0 Å². The molecule has 0 aromatic rings. The zero-order chi connectivity index (χ0) is 6.91. The molecule has 1 aliphatic rings. The molecule has 0 bridgehead atoms. The molecule has 10 heavy (non-hydrogen) atoms. The first-order valence-electron chi connectivity index (χ1n) is 3.58.